The largest absolute Gasteiger partial charge is 0.399 e. The Morgan fingerprint density at radius 3 is 2.11 bits per heavy atom. The van der Waals surface area contributed by atoms with Crippen LogP contribution in [-0.4, -0.2) is 36.8 Å². The molecule has 0 bridgehead atoms. The Bertz CT molecular complexity index is 1120. The lowest BCUT2D eigenvalue weighted by Crippen LogP contribution is -2.45. The third kappa shape index (κ3) is 9.55. The number of amides is 2. The molecule has 0 radical (unpaired) electrons. The van der Waals surface area contributed by atoms with Gasteiger partial charge in [-0.3, -0.25) is 9.59 Å². The molecule has 0 fully saturated rings. The van der Waals surface area contributed by atoms with E-state index in [1.54, 1.807) is 6.07 Å². The van der Waals surface area contributed by atoms with Gasteiger partial charge in [-0.05, 0) is 64.3 Å². The van der Waals surface area contributed by atoms with Crippen LogP contribution >= 0.6 is 47.8 Å². The van der Waals surface area contributed by atoms with Crippen molar-refractivity contribution in [3.63, 3.8) is 0 Å². The van der Waals surface area contributed by atoms with E-state index in [-0.39, 0.29) is 15.6 Å². The number of halogens is 9. The smallest absolute Gasteiger partial charge is 0.354 e. The van der Waals surface area contributed by atoms with Crippen molar-refractivity contribution < 1.29 is 35.9 Å². The molecule has 196 valence electrons. The third-order valence-electron chi connectivity index (χ3n) is 4.76. The lowest BCUT2D eigenvalue weighted by Gasteiger charge is -2.18. The number of nitrogens with one attached hydrogen (secondary N) is 2. The molecule has 2 aromatic carbocycles. The molecule has 2 unspecified atom stereocenters. The van der Waals surface area contributed by atoms with Crippen molar-refractivity contribution in [2.75, 3.05) is 6.54 Å². The summed E-state index contributed by atoms with van der Waals surface area (Å²) in [6, 6.07) is 7.46. The highest BCUT2D eigenvalue weighted by atomic mass is 79.9. The minimum absolute atomic E-state index is 0.0255. The van der Waals surface area contributed by atoms with Crippen molar-refractivity contribution >= 4 is 65.7 Å². The van der Waals surface area contributed by atoms with Gasteiger partial charge in [-0.2, -0.15) is 26.3 Å². The summed E-state index contributed by atoms with van der Waals surface area (Å²) >= 11 is 9.56. The second kappa shape index (κ2) is 12.6. The number of hydrogen-bond acceptors (Lipinski definition) is 2. The number of carbonyl (C=O) groups excluding carboxylic acids is 2. The zero-order chi connectivity index (χ0) is 27.3. The molecule has 2 aromatic rings. The lowest BCUT2D eigenvalue weighted by atomic mass is 9.97. The molecule has 36 heavy (non-hydrogen) atoms. The molecule has 2 rings (SSSR count). The summed E-state index contributed by atoms with van der Waals surface area (Å²) in [6.45, 7) is 0.687. The van der Waals surface area contributed by atoms with E-state index in [1.807, 2.05) is 0 Å². The maximum Gasteiger partial charge on any atom is 0.399 e. The van der Waals surface area contributed by atoms with Crippen LogP contribution in [0.5, 0.6) is 0 Å². The molecule has 0 heterocycles. The van der Waals surface area contributed by atoms with Crippen molar-refractivity contribution in [2.24, 2.45) is 0 Å². The summed E-state index contributed by atoms with van der Waals surface area (Å²) in [5, 5.41) is 4.46. The summed E-state index contributed by atoms with van der Waals surface area (Å²) in [7, 11) is 0. The Labute approximate surface area is 228 Å². The van der Waals surface area contributed by atoms with E-state index in [0.717, 1.165) is 6.08 Å². The van der Waals surface area contributed by atoms with Gasteiger partial charge in [0.1, 0.15) is 6.04 Å². The summed E-state index contributed by atoms with van der Waals surface area (Å²) in [5.74, 6) is -3.37. The molecular weight excluding hydrogens is 690 g/mol. The van der Waals surface area contributed by atoms with Gasteiger partial charge in [0.25, 0.3) is 5.91 Å². The Morgan fingerprint density at radius 2 is 1.58 bits per heavy atom. The van der Waals surface area contributed by atoms with Gasteiger partial charge in [0.15, 0.2) is 0 Å². The molecule has 0 saturated carbocycles. The average Bonchev–Trinajstić information content (AvgIpc) is 2.71. The predicted octanol–water partition coefficient (Wildman–Crippen LogP) is 7.52. The van der Waals surface area contributed by atoms with Crippen molar-refractivity contribution in [3.8, 4) is 0 Å². The van der Waals surface area contributed by atoms with Gasteiger partial charge in [0.05, 0.1) is 17.9 Å². The topological polar surface area (TPSA) is 58.2 Å². The Hall–Kier alpha value is -1.86. The van der Waals surface area contributed by atoms with Gasteiger partial charge in [-0.1, -0.05) is 50.1 Å². The second-order valence-electron chi connectivity index (χ2n) is 7.67. The molecular formula is C23H19Br3F6N2O2. The molecule has 4 nitrogen and oxygen atoms in total. The van der Waals surface area contributed by atoms with Crippen LogP contribution in [0.15, 0.2) is 55.9 Å². The quantitative estimate of drug-likeness (QED) is 0.279. The van der Waals surface area contributed by atoms with Crippen molar-refractivity contribution in [2.45, 2.75) is 37.7 Å². The minimum atomic E-state index is -4.55. The maximum atomic E-state index is 13.7. The number of allylic oxidation sites excluding steroid dienone is 1. The number of rotatable bonds is 8. The molecule has 0 aliphatic heterocycles. The normalized spacial score (nSPS) is 13.9. The zero-order valence-electron chi connectivity index (χ0n) is 18.4. The van der Waals surface area contributed by atoms with Gasteiger partial charge in [-0.25, -0.2) is 0 Å². The van der Waals surface area contributed by atoms with Crippen molar-refractivity contribution in [1.29, 1.82) is 0 Å². The van der Waals surface area contributed by atoms with Crippen molar-refractivity contribution in [3.05, 3.63) is 72.6 Å². The van der Waals surface area contributed by atoms with E-state index in [4.69, 9.17) is 0 Å². The highest BCUT2D eigenvalue weighted by Crippen LogP contribution is 2.38. The van der Waals surface area contributed by atoms with Crippen LogP contribution in [0.2, 0.25) is 0 Å². The number of benzene rings is 2. The third-order valence-corrected chi connectivity index (χ3v) is 6.34. The SMILES string of the molecule is CC(NC(=O)c1ccc(/C=C/C(c2cc(Br)cc(Br)c2)C(F)(F)F)cc1Br)C(=O)NCCC(F)(F)F. The molecule has 0 spiro atoms. The fourth-order valence-corrected chi connectivity index (χ4v) is 4.92. The van der Waals surface area contributed by atoms with E-state index in [1.165, 1.54) is 43.3 Å². The zero-order valence-corrected chi connectivity index (χ0v) is 23.2. The molecule has 0 aliphatic rings. The van der Waals surface area contributed by atoms with Gasteiger partial charge in [0, 0.05) is 20.0 Å². The molecule has 0 saturated heterocycles. The standard InChI is InChI=1S/C23H19Br3F6N2O2/c1-12(20(35)33-7-6-22(27,28)29)34-21(36)17-4-2-13(8-19(17)26)3-5-18(23(30,31)32)14-9-15(24)11-16(25)10-14/h2-5,8-12,18H,6-7H2,1H3,(H,33,35)(H,34,36)/b5-3+. The Morgan fingerprint density at radius 1 is 0.972 bits per heavy atom. The van der Waals surface area contributed by atoms with Gasteiger partial charge < -0.3 is 10.6 Å². The van der Waals surface area contributed by atoms with Crippen LogP contribution in [0.4, 0.5) is 26.3 Å². The average molecular weight is 709 g/mol. The molecule has 2 amide bonds. The van der Waals surface area contributed by atoms with Crippen LogP contribution in [0.3, 0.4) is 0 Å². The monoisotopic (exact) mass is 706 g/mol. The van der Waals surface area contributed by atoms with E-state index >= 15 is 0 Å². The Balaban J connectivity index is 2.12. The van der Waals surface area contributed by atoms with E-state index in [9.17, 15) is 35.9 Å². The van der Waals surface area contributed by atoms with Gasteiger partial charge in [-0.15, -0.1) is 0 Å². The predicted molar refractivity (Wildman–Crippen MR) is 134 cm³/mol. The highest BCUT2D eigenvalue weighted by molar-refractivity contribution is 9.11. The number of alkyl halides is 6. The Kier molecular flexibility index (Phi) is 10.6. The van der Waals surface area contributed by atoms with E-state index in [2.05, 4.69) is 58.4 Å². The van der Waals surface area contributed by atoms with Crippen LogP contribution in [0.1, 0.15) is 40.7 Å². The lowest BCUT2D eigenvalue weighted by molar-refractivity contribution is -0.139. The van der Waals surface area contributed by atoms with Crippen molar-refractivity contribution in [1.82, 2.24) is 10.6 Å². The molecule has 2 N–H and O–H groups in total. The van der Waals surface area contributed by atoms with Crippen LogP contribution < -0.4 is 10.6 Å². The van der Waals surface area contributed by atoms with E-state index in [0.29, 0.717) is 14.5 Å². The molecule has 13 heteroatoms. The fraction of sp³-hybridized carbons (Fsp3) is 0.304. The first-order valence-corrected chi connectivity index (χ1v) is 12.6. The highest BCUT2D eigenvalue weighted by Gasteiger charge is 2.39. The fourth-order valence-electron chi connectivity index (χ4n) is 3.01. The first kappa shape index (κ1) is 30.4. The van der Waals surface area contributed by atoms with Crippen LogP contribution in [0.25, 0.3) is 6.08 Å². The minimum Gasteiger partial charge on any atom is -0.354 e. The number of carbonyl (C=O) groups is 2. The van der Waals surface area contributed by atoms with E-state index < -0.39 is 49.1 Å². The van der Waals surface area contributed by atoms with Crippen LogP contribution in [-0.2, 0) is 4.79 Å². The number of hydrogen-bond donors (Lipinski definition) is 2. The summed E-state index contributed by atoms with van der Waals surface area (Å²) in [6.07, 6.45) is -7.90. The first-order valence-electron chi connectivity index (χ1n) is 10.2. The summed E-state index contributed by atoms with van der Waals surface area (Å²) in [5.41, 5.74) is 0.489. The van der Waals surface area contributed by atoms with Gasteiger partial charge in [0.2, 0.25) is 5.91 Å². The van der Waals surface area contributed by atoms with Gasteiger partial charge >= 0.3 is 12.4 Å². The molecule has 0 aromatic heterocycles. The first-order chi connectivity index (χ1) is 16.6. The second-order valence-corrected chi connectivity index (χ2v) is 10.4. The summed E-state index contributed by atoms with van der Waals surface area (Å²) in [4.78, 5) is 24.4. The molecule has 2 atom stereocenters. The van der Waals surface area contributed by atoms with Crippen LogP contribution in [0, 0.1) is 0 Å². The molecule has 0 aliphatic carbocycles. The summed E-state index contributed by atoms with van der Waals surface area (Å²) < 4.78 is 79.0. The maximum absolute atomic E-state index is 13.7.